The molecule has 0 unspecified atom stereocenters. The number of methoxy groups -OCH3 is 1. The van der Waals surface area contributed by atoms with E-state index in [1.54, 1.807) is 24.3 Å². The van der Waals surface area contributed by atoms with Crippen LogP contribution < -0.4 is 10.3 Å². The molecule has 0 spiro atoms. The molecule has 0 saturated carbocycles. The molecule has 104 valence electrons. The average Bonchev–Trinajstić information content (AvgIpc) is 2.43. The summed E-state index contributed by atoms with van der Waals surface area (Å²) in [5.74, 6) is -0.580. The number of rotatable bonds is 5. The van der Waals surface area contributed by atoms with Gasteiger partial charge in [0.2, 0.25) is 5.88 Å². The minimum absolute atomic E-state index is 0.0884. The molecule has 6 nitrogen and oxygen atoms in total. The second-order valence-corrected chi connectivity index (χ2v) is 4.21. The predicted octanol–water partition coefficient (Wildman–Crippen LogP) is 0.927. The first kappa shape index (κ1) is 13.8. The zero-order chi connectivity index (χ0) is 14.5. The minimum Gasteiger partial charge on any atom is -0.481 e. The topological polar surface area (TPSA) is 81.4 Å². The van der Waals surface area contributed by atoms with Crippen molar-refractivity contribution in [3.8, 4) is 5.88 Å². The maximum atomic E-state index is 11.8. The van der Waals surface area contributed by atoms with Crippen LogP contribution in [0.25, 0.3) is 0 Å². The molecule has 1 aromatic heterocycles. The van der Waals surface area contributed by atoms with Gasteiger partial charge in [0, 0.05) is 12.1 Å². The first-order valence-corrected chi connectivity index (χ1v) is 6.01. The summed E-state index contributed by atoms with van der Waals surface area (Å²) in [5, 5.41) is 12.9. The van der Waals surface area contributed by atoms with Gasteiger partial charge in [-0.2, -0.15) is 0 Å². The first-order chi connectivity index (χ1) is 9.60. The van der Waals surface area contributed by atoms with Crippen molar-refractivity contribution >= 4 is 5.97 Å². The minimum atomic E-state index is -0.914. The van der Waals surface area contributed by atoms with E-state index in [4.69, 9.17) is 9.84 Å². The molecule has 0 radical (unpaired) electrons. The Balaban J connectivity index is 2.35. The van der Waals surface area contributed by atoms with E-state index in [1.807, 2.05) is 0 Å². The van der Waals surface area contributed by atoms with E-state index in [0.717, 1.165) is 5.56 Å². The summed E-state index contributed by atoms with van der Waals surface area (Å²) in [7, 11) is 1.47. The third-order valence-electron chi connectivity index (χ3n) is 2.83. The molecule has 0 saturated heterocycles. The Kier molecular flexibility index (Phi) is 4.14. The van der Waals surface area contributed by atoms with Crippen molar-refractivity contribution < 1.29 is 14.6 Å². The Bertz CT molecular complexity index is 679. The molecule has 20 heavy (non-hydrogen) atoms. The lowest BCUT2D eigenvalue weighted by Gasteiger charge is -2.09. The smallest absolute Gasteiger partial charge is 0.307 e. The van der Waals surface area contributed by atoms with Crippen molar-refractivity contribution in [1.29, 1.82) is 0 Å². The fourth-order valence-corrected chi connectivity index (χ4v) is 1.86. The van der Waals surface area contributed by atoms with Gasteiger partial charge in [-0.25, -0.2) is 4.68 Å². The molecule has 0 aliphatic heterocycles. The maximum Gasteiger partial charge on any atom is 0.307 e. The highest BCUT2D eigenvalue weighted by molar-refractivity contribution is 5.70. The van der Waals surface area contributed by atoms with Crippen LogP contribution in [0.2, 0.25) is 0 Å². The van der Waals surface area contributed by atoms with Crippen molar-refractivity contribution in [2.45, 2.75) is 13.0 Å². The quantitative estimate of drug-likeness (QED) is 0.877. The second kappa shape index (κ2) is 6.01. The highest BCUT2D eigenvalue weighted by atomic mass is 16.5. The Labute approximate surface area is 115 Å². The van der Waals surface area contributed by atoms with E-state index in [0.29, 0.717) is 11.4 Å². The lowest BCUT2D eigenvalue weighted by atomic mass is 10.0. The summed E-state index contributed by atoms with van der Waals surface area (Å²) >= 11 is 0. The number of aliphatic carboxylic acids is 1. The van der Waals surface area contributed by atoms with Crippen LogP contribution in [-0.4, -0.2) is 28.0 Å². The molecule has 2 rings (SSSR count). The normalized spacial score (nSPS) is 10.2. The number of benzene rings is 1. The van der Waals surface area contributed by atoms with Crippen molar-refractivity contribution in [2.24, 2.45) is 0 Å². The molecule has 0 aliphatic rings. The van der Waals surface area contributed by atoms with Crippen LogP contribution in [0.4, 0.5) is 0 Å². The average molecular weight is 274 g/mol. The van der Waals surface area contributed by atoms with Crippen LogP contribution in [-0.2, 0) is 17.8 Å². The Morgan fingerprint density at radius 3 is 2.60 bits per heavy atom. The van der Waals surface area contributed by atoms with Crippen molar-refractivity contribution in [1.82, 2.24) is 9.78 Å². The van der Waals surface area contributed by atoms with Crippen molar-refractivity contribution in [2.75, 3.05) is 7.11 Å². The summed E-state index contributed by atoms with van der Waals surface area (Å²) < 4.78 is 6.23. The van der Waals surface area contributed by atoms with Crippen LogP contribution in [0, 0.1) is 0 Å². The number of carboxylic acid groups (broad SMARTS) is 1. The van der Waals surface area contributed by atoms with Gasteiger partial charge in [0.15, 0.2) is 0 Å². The van der Waals surface area contributed by atoms with Gasteiger partial charge < -0.3 is 9.84 Å². The number of ether oxygens (including phenoxy) is 1. The molecular weight excluding hydrogens is 260 g/mol. The number of carbonyl (C=O) groups is 1. The molecule has 0 bridgehead atoms. The molecule has 0 atom stereocenters. The second-order valence-electron chi connectivity index (χ2n) is 4.21. The van der Waals surface area contributed by atoms with Gasteiger partial charge in [-0.1, -0.05) is 24.3 Å². The number of hydrogen-bond acceptors (Lipinski definition) is 4. The zero-order valence-electron chi connectivity index (χ0n) is 10.9. The first-order valence-electron chi connectivity index (χ1n) is 6.01. The Morgan fingerprint density at radius 1 is 1.25 bits per heavy atom. The van der Waals surface area contributed by atoms with Crippen LogP contribution in [0.15, 0.2) is 41.2 Å². The largest absolute Gasteiger partial charge is 0.481 e. The van der Waals surface area contributed by atoms with Gasteiger partial charge in [0.1, 0.15) is 0 Å². The Hall–Kier alpha value is -2.63. The van der Waals surface area contributed by atoms with Crippen LogP contribution >= 0.6 is 0 Å². The standard InChI is InChI=1S/C14H14N2O4/c1-20-12-6-7-13(17)16(15-12)9-11-5-3-2-4-10(11)8-14(18)19/h2-7H,8-9H2,1H3,(H,18,19). The number of nitrogens with zero attached hydrogens (tertiary/aromatic N) is 2. The van der Waals surface area contributed by atoms with Gasteiger partial charge >= 0.3 is 5.97 Å². The third-order valence-corrected chi connectivity index (χ3v) is 2.83. The summed E-state index contributed by atoms with van der Waals surface area (Å²) in [6.45, 7) is 0.208. The van der Waals surface area contributed by atoms with Crippen molar-refractivity contribution in [3.05, 3.63) is 57.9 Å². The summed E-state index contributed by atoms with van der Waals surface area (Å²) in [6, 6.07) is 9.93. The maximum absolute atomic E-state index is 11.8. The summed E-state index contributed by atoms with van der Waals surface area (Å²) in [5.41, 5.74) is 1.14. The zero-order valence-corrected chi connectivity index (χ0v) is 10.9. The highest BCUT2D eigenvalue weighted by Gasteiger charge is 2.08. The highest BCUT2D eigenvalue weighted by Crippen LogP contribution is 2.11. The van der Waals surface area contributed by atoms with E-state index in [-0.39, 0.29) is 18.5 Å². The van der Waals surface area contributed by atoms with E-state index < -0.39 is 5.97 Å². The van der Waals surface area contributed by atoms with E-state index >= 15 is 0 Å². The molecule has 1 N–H and O–H groups in total. The molecule has 0 amide bonds. The lowest BCUT2D eigenvalue weighted by Crippen LogP contribution is -2.23. The lowest BCUT2D eigenvalue weighted by molar-refractivity contribution is -0.136. The van der Waals surface area contributed by atoms with Gasteiger partial charge in [-0.05, 0) is 11.1 Å². The SMILES string of the molecule is COc1ccc(=O)n(Cc2ccccc2CC(=O)O)n1. The molecule has 2 aromatic rings. The molecule has 6 heteroatoms. The van der Waals surface area contributed by atoms with Gasteiger partial charge in [-0.3, -0.25) is 9.59 Å². The van der Waals surface area contributed by atoms with Gasteiger partial charge in [0.25, 0.3) is 5.56 Å². The summed E-state index contributed by atoms with van der Waals surface area (Å²) in [6.07, 6.45) is -0.0884. The van der Waals surface area contributed by atoms with E-state index in [9.17, 15) is 9.59 Å². The van der Waals surface area contributed by atoms with Gasteiger partial charge in [0.05, 0.1) is 20.1 Å². The third kappa shape index (κ3) is 3.23. The number of carboxylic acids is 1. The predicted molar refractivity (Wildman–Crippen MR) is 71.9 cm³/mol. The molecule has 0 aliphatic carbocycles. The van der Waals surface area contributed by atoms with E-state index in [1.165, 1.54) is 23.9 Å². The van der Waals surface area contributed by atoms with E-state index in [2.05, 4.69) is 5.10 Å². The van der Waals surface area contributed by atoms with Crippen molar-refractivity contribution in [3.63, 3.8) is 0 Å². The van der Waals surface area contributed by atoms with Gasteiger partial charge in [-0.15, -0.1) is 5.10 Å². The number of aromatic nitrogens is 2. The van der Waals surface area contributed by atoms with Crippen LogP contribution in [0.1, 0.15) is 11.1 Å². The Morgan fingerprint density at radius 2 is 1.95 bits per heavy atom. The molecular formula is C14H14N2O4. The van der Waals surface area contributed by atoms with Crippen LogP contribution in [0.3, 0.4) is 0 Å². The molecule has 1 heterocycles. The molecule has 1 aromatic carbocycles. The summed E-state index contributed by atoms with van der Waals surface area (Å²) in [4.78, 5) is 22.6. The molecule has 0 fully saturated rings. The fourth-order valence-electron chi connectivity index (χ4n) is 1.86. The number of hydrogen-bond donors (Lipinski definition) is 1. The monoisotopic (exact) mass is 274 g/mol. The van der Waals surface area contributed by atoms with Crippen LogP contribution in [0.5, 0.6) is 5.88 Å². The fraction of sp³-hybridized carbons (Fsp3) is 0.214.